The maximum atomic E-state index is 12.7. The zero-order valence-electron chi connectivity index (χ0n) is 19.4. The minimum absolute atomic E-state index is 0.278. The molecule has 1 aliphatic heterocycles. The fraction of sp³-hybridized carbons (Fsp3) is 0.214. The highest BCUT2D eigenvalue weighted by atomic mass is 16.1. The van der Waals surface area contributed by atoms with Gasteiger partial charge in [-0.2, -0.15) is 5.26 Å². The monoisotopic (exact) mass is 460 g/mol. The Morgan fingerprint density at radius 2 is 2.03 bits per heavy atom. The van der Waals surface area contributed by atoms with Crippen molar-refractivity contribution in [2.24, 2.45) is 0 Å². The topological polar surface area (TPSA) is 86.3 Å². The third kappa shape index (κ3) is 4.50. The Bertz CT molecular complexity index is 1490. The van der Waals surface area contributed by atoms with E-state index in [1.807, 2.05) is 37.6 Å². The number of nitrogens with one attached hydrogen (secondary N) is 1. The molecule has 3 aromatic heterocycles. The molecule has 1 N–H and O–H groups in total. The predicted molar refractivity (Wildman–Crippen MR) is 135 cm³/mol. The van der Waals surface area contributed by atoms with Gasteiger partial charge in [-0.15, -0.1) is 5.92 Å². The Kier molecular flexibility index (Phi) is 6.26. The van der Waals surface area contributed by atoms with Crippen LogP contribution in [0, 0.1) is 23.2 Å². The highest BCUT2D eigenvalue weighted by Crippen LogP contribution is 2.37. The van der Waals surface area contributed by atoms with E-state index in [1.54, 1.807) is 24.3 Å². The summed E-state index contributed by atoms with van der Waals surface area (Å²) in [6, 6.07) is 17.3. The molecule has 0 aliphatic carbocycles. The average Bonchev–Trinajstić information content (AvgIpc) is 3.52. The summed E-state index contributed by atoms with van der Waals surface area (Å²) in [4.78, 5) is 23.6. The molecule has 1 unspecified atom stereocenters. The van der Waals surface area contributed by atoms with Crippen LogP contribution in [0.1, 0.15) is 47.3 Å². The van der Waals surface area contributed by atoms with Crippen molar-refractivity contribution in [1.82, 2.24) is 19.3 Å². The number of benzene rings is 1. The van der Waals surface area contributed by atoms with E-state index in [0.29, 0.717) is 23.0 Å². The van der Waals surface area contributed by atoms with Crippen LogP contribution in [-0.4, -0.2) is 38.3 Å². The van der Waals surface area contributed by atoms with Crippen molar-refractivity contribution >= 4 is 17.2 Å². The molecule has 7 heteroatoms. The number of hydrogen-bond acceptors (Lipinski definition) is 5. The number of nitrogens with zero attached hydrogens (tertiary/aromatic N) is 5. The van der Waals surface area contributed by atoms with Gasteiger partial charge in [-0.05, 0) is 73.8 Å². The third-order valence-corrected chi connectivity index (χ3v) is 6.36. The van der Waals surface area contributed by atoms with E-state index in [2.05, 4.69) is 48.6 Å². The highest BCUT2D eigenvalue weighted by molar-refractivity contribution is 6.04. The molecule has 35 heavy (non-hydrogen) atoms. The molecule has 1 saturated heterocycles. The lowest BCUT2D eigenvalue weighted by Crippen LogP contribution is -2.23. The van der Waals surface area contributed by atoms with E-state index in [9.17, 15) is 4.79 Å². The molecule has 0 spiro atoms. The van der Waals surface area contributed by atoms with Gasteiger partial charge < -0.3 is 9.72 Å². The minimum atomic E-state index is -0.278. The van der Waals surface area contributed by atoms with E-state index < -0.39 is 0 Å². The Hall–Kier alpha value is -4.46. The molecule has 7 nitrogen and oxygen atoms in total. The van der Waals surface area contributed by atoms with Gasteiger partial charge in [-0.25, -0.2) is 9.97 Å². The molecule has 0 radical (unpaired) electrons. The number of hydrogen-bond donors (Lipinski definition) is 1. The average molecular weight is 461 g/mol. The first kappa shape index (κ1) is 22.3. The van der Waals surface area contributed by atoms with Gasteiger partial charge in [-0.1, -0.05) is 18.1 Å². The molecule has 1 aromatic carbocycles. The van der Waals surface area contributed by atoms with Crippen LogP contribution >= 0.6 is 0 Å². The summed E-state index contributed by atoms with van der Waals surface area (Å²) in [6.07, 6.45) is 7.43. The van der Waals surface area contributed by atoms with Gasteiger partial charge in [0, 0.05) is 24.0 Å². The van der Waals surface area contributed by atoms with Gasteiger partial charge >= 0.3 is 0 Å². The number of fused-ring (bicyclic) bond motifs is 1. The summed E-state index contributed by atoms with van der Waals surface area (Å²) in [5.74, 6) is 6.30. The maximum absolute atomic E-state index is 12.7. The minimum Gasteiger partial charge on any atom is -0.307 e. The van der Waals surface area contributed by atoms with E-state index >= 15 is 0 Å². The highest BCUT2D eigenvalue weighted by Gasteiger charge is 2.28. The van der Waals surface area contributed by atoms with E-state index in [-0.39, 0.29) is 5.91 Å². The second-order valence-electron chi connectivity index (χ2n) is 8.45. The van der Waals surface area contributed by atoms with Crippen molar-refractivity contribution in [1.29, 1.82) is 5.26 Å². The lowest BCUT2D eigenvalue weighted by molar-refractivity contribution is 0.102. The van der Waals surface area contributed by atoms with Crippen molar-refractivity contribution in [3.05, 3.63) is 83.9 Å². The van der Waals surface area contributed by atoms with Crippen molar-refractivity contribution < 1.29 is 4.79 Å². The number of aromatic nitrogens is 3. The van der Waals surface area contributed by atoms with Crippen LogP contribution in [0.5, 0.6) is 0 Å². The van der Waals surface area contributed by atoms with Gasteiger partial charge in [0.2, 0.25) is 0 Å². The maximum Gasteiger partial charge on any atom is 0.256 e. The Morgan fingerprint density at radius 3 is 2.83 bits per heavy atom. The summed E-state index contributed by atoms with van der Waals surface area (Å²) >= 11 is 0. The lowest BCUT2D eigenvalue weighted by atomic mass is 10.0. The standard InChI is InChI=1S/C28H24N6O/c1-2-3-14-33-15-4-5-24(33)23-17-26(34-19-30-12-11-25(23)34)21-6-8-22(9-7-21)28(35)32-27-16-20(18-29)10-13-31-27/h6-13,16-17,19,24H,4-5,14-15H2,1H3,(H,31,32,35). The van der Waals surface area contributed by atoms with Crippen LogP contribution in [0.15, 0.2) is 67.3 Å². The quantitative estimate of drug-likeness (QED) is 0.437. The van der Waals surface area contributed by atoms with Crippen LogP contribution < -0.4 is 5.32 Å². The Labute approximate surface area is 204 Å². The molecule has 0 saturated carbocycles. The number of carbonyl (C=O) groups excluding carboxylic acids is 1. The molecule has 4 aromatic rings. The van der Waals surface area contributed by atoms with Crippen LogP contribution in [-0.2, 0) is 0 Å². The molecular weight excluding hydrogens is 436 g/mol. The van der Waals surface area contributed by atoms with E-state index in [1.165, 1.54) is 11.8 Å². The van der Waals surface area contributed by atoms with E-state index in [4.69, 9.17) is 5.26 Å². The van der Waals surface area contributed by atoms with Gasteiger partial charge in [-0.3, -0.25) is 9.69 Å². The second-order valence-corrected chi connectivity index (χ2v) is 8.45. The van der Waals surface area contributed by atoms with Gasteiger partial charge in [0.05, 0.1) is 35.7 Å². The fourth-order valence-electron chi connectivity index (χ4n) is 4.67. The van der Waals surface area contributed by atoms with Crippen molar-refractivity contribution in [2.75, 3.05) is 18.4 Å². The van der Waals surface area contributed by atoms with Crippen LogP contribution in [0.2, 0.25) is 0 Å². The largest absolute Gasteiger partial charge is 0.307 e. The first-order valence-corrected chi connectivity index (χ1v) is 11.5. The van der Waals surface area contributed by atoms with Gasteiger partial charge in [0.25, 0.3) is 5.91 Å². The zero-order chi connectivity index (χ0) is 24.2. The lowest BCUT2D eigenvalue weighted by Gasteiger charge is -2.21. The second kappa shape index (κ2) is 9.80. The molecule has 0 bridgehead atoms. The Balaban J connectivity index is 1.43. The molecule has 1 fully saturated rings. The molecule has 172 valence electrons. The molecule has 1 amide bonds. The summed E-state index contributed by atoms with van der Waals surface area (Å²) in [5, 5.41) is 11.8. The van der Waals surface area contributed by atoms with Gasteiger partial charge in [0.1, 0.15) is 5.82 Å². The third-order valence-electron chi connectivity index (χ3n) is 6.36. The number of nitriles is 1. The SMILES string of the molecule is CC#CCN1CCCC1c1cc(-c2ccc(C(=O)Nc3cc(C#N)ccn3)cc2)n2cnccc12. The number of amides is 1. The number of rotatable bonds is 5. The van der Waals surface area contributed by atoms with Crippen LogP contribution in [0.25, 0.3) is 16.8 Å². The normalized spacial score (nSPS) is 15.4. The smallest absolute Gasteiger partial charge is 0.256 e. The Morgan fingerprint density at radius 1 is 1.17 bits per heavy atom. The number of carbonyl (C=O) groups is 1. The summed E-state index contributed by atoms with van der Waals surface area (Å²) in [5.41, 5.74) is 5.41. The van der Waals surface area contributed by atoms with E-state index in [0.717, 1.165) is 42.7 Å². The van der Waals surface area contributed by atoms with Crippen molar-refractivity contribution in [2.45, 2.75) is 25.8 Å². The molecular formula is C28H24N6O. The van der Waals surface area contributed by atoms with Crippen molar-refractivity contribution in [3.8, 4) is 29.2 Å². The zero-order valence-corrected chi connectivity index (χ0v) is 19.4. The fourth-order valence-corrected chi connectivity index (χ4v) is 4.67. The van der Waals surface area contributed by atoms with Gasteiger partial charge in [0.15, 0.2) is 0 Å². The summed E-state index contributed by atoms with van der Waals surface area (Å²) in [6.45, 7) is 3.70. The first-order chi connectivity index (χ1) is 17.2. The van der Waals surface area contributed by atoms with Crippen LogP contribution in [0.3, 0.4) is 0 Å². The van der Waals surface area contributed by atoms with Crippen LogP contribution in [0.4, 0.5) is 5.82 Å². The summed E-state index contributed by atoms with van der Waals surface area (Å²) < 4.78 is 2.11. The van der Waals surface area contributed by atoms with Crippen molar-refractivity contribution in [3.63, 3.8) is 0 Å². The number of anilines is 1. The predicted octanol–water partition coefficient (Wildman–Crippen LogP) is 4.68. The number of likely N-dealkylation sites (tertiary alicyclic amines) is 1. The molecule has 1 atom stereocenters. The first-order valence-electron chi connectivity index (χ1n) is 11.5. The molecule has 1 aliphatic rings. The summed E-state index contributed by atoms with van der Waals surface area (Å²) in [7, 11) is 0. The molecule has 5 rings (SSSR count). The molecule has 4 heterocycles. The number of pyridine rings is 1.